The zero-order valence-electron chi connectivity index (χ0n) is 22.4. The standard InChI is InChI=1S/C30H27BClFN6O/c1-4-39-28-19-12-26(30(35-15-19)34-14-18-5-7-21(31)8-6-18)40-17(2)24-13-22(33)9-10-23(24)27-20(16-38(3)36-27)11-25(28)29(32)37-39/h5-10,12-13,15-17H,4,11,14H2,1-3H3,(H,34,35)/t17-/m1/s1. The molecule has 1 aliphatic heterocycles. The van der Waals surface area contributed by atoms with Crippen LogP contribution in [-0.4, -0.2) is 32.4 Å². The number of ether oxygens (including phenoxy) is 1. The average molecular weight is 553 g/mol. The molecule has 3 aromatic heterocycles. The number of halogens is 2. The van der Waals surface area contributed by atoms with E-state index in [1.165, 1.54) is 12.1 Å². The number of nitrogens with zero attached hydrogens (tertiary/aromatic N) is 5. The molecule has 40 heavy (non-hydrogen) atoms. The van der Waals surface area contributed by atoms with E-state index in [-0.39, 0.29) is 5.82 Å². The van der Waals surface area contributed by atoms with Crippen molar-refractivity contribution in [1.29, 1.82) is 0 Å². The number of aromatic nitrogens is 5. The van der Waals surface area contributed by atoms with Crippen LogP contribution < -0.4 is 15.5 Å². The second kappa shape index (κ2) is 10.5. The van der Waals surface area contributed by atoms with E-state index in [4.69, 9.17) is 34.3 Å². The first kappa shape index (κ1) is 26.1. The Morgan fingerprint density at radius 3 is 2.73 bits per heavy atom. The summed E-state index contributed by atoms with van der Waals surface area (Å²) < 4.78 is 24.8. The van der Waals surface area contributed by atoms with Gasteiger partial charge in [0.2, 0.25) is 0 Å². The van der Waals surface area contributed by atoms with E-state index in [0.29, 0.717) is 47.3 Å². The summed E-state index contributed by atoms with van der Waals surface area (Å²) in [7, 11) is 7.72. The van der Waals surface area contributed by atoms with Gasteiger partial charge < -0.3 is 10.1 Å². The highest BCUT2D eigenvalue weighted by molar-refractivity contribution is 6.32. The zero-order valence-corrected chi connectivity index (χ0v) is 23.2. The fraction of sp³-hybridized carbons (Fsp3) is 0.233. The van der Waals surface area contributed by atoms with Gasteiger partial charge in [-0.1, -0.05) is 41.3 Å². The zero-order chi connectivity index (χ0) is 28.0. The van der Waals surface area contributed by atoms with Gasteiger partial charge in [-0.05, 0) is 43.7 Å². The van der Waals surface area contributed by atoms with Crippen molar-refractivity contribution in [2.24, 2.45) is 7.05 Å². The molecule has 0 amide bonds. The highest BCUT2D eigenvalue weighted by atomic mass is 35.5. The topological polar surface area (TPSA) is 69.8 Å². The summed E-state index contributed by atoms with van der Waals surface area (Å²) in [5.41, 5.74) is 7.50. The number of rotatable bonds is 4. The van der Waals surface area contributed by atoms with Crippen molar-refractivity contribution in [3.05, 3.63) is 94.1 Å². The molecule has 2 bridgehead atoms. The van der Waals surface area contributed by atoms with Gasteiger partial charge in [-0.3, -0.25) is 9.36 Å². The van der Waals surface area contributed by atoms with Gasteiger partial charge in [0.15, 0.2) is 16.7 Å². The monoisotopic (exact) mass is 552 g/mol. The second-order valence-corrected chi connectivity index (χ2v) is 10.3. The van der Waals surface area contributed by atoms with Crippen LogP contribution in [0, 0.1) is 5.82 Å². The molecular weight excluding hydrogens is 526 g/mol. The Balaban J connectivity index is 1.53. The van der Waals surface area contributed by atoms with Crippen LogP contribution in [0.2, 0.25) is 5.15 Å². The quantitative estimate of drug-likeness (QED) is 0.294. The third-order valence-electron chi connectivity index (χ3n) is 7.15. The molecule has 200 valence electrons. The third-order valence-corrected chi connectivity index (χ3v) is 7.45. The molecule has 5 aromatic rings. The molecule has 1 N–H and O–H groups in total. The summed E-state index contributed by atoms with van der Waals surface area (Å²) in [5, 5.41) is 13.2. The van der Waals surface area contributed by atoms with Gasteiger partial charge in [0, 0.05) is 66.8 Å². The van der Waals surface area contributed by atoms with Crippen molar-refractivity contribution >= 4 is 30.7 Å². The van der Waals surface area contributed by atoms with Crippen LogP contribution in [0.4, 0.5) is 10.2 Å². The molecule has 2 aromatic carbocycles. The fourth-order valence-electron chi connectivity index (χ4n) is 5.22. The number of aryl methyl sites for hydroxylation is 2. The molecule has 0 saturated carbocycles. The van der Waals surface area contributed by atoms with E-state index in [2.05, 4.69) is 10.4 Å². The number of benzene rings is 2. The Labute approximate surface area is 238 Å². The molecule has 0 saturated heterocycles. The largest absolute Gasteiger partial charge is 0.482 e. The SMILES string of the molecule is [B]c1ccc(CNc2ncc3cc2O[C@H](C)c2cc(F)ccc2-c2nn(C)cc2Cc2c(Cl)nn(CC)c2-3)cc1. The minimum atomic E-state index is -0.506. The van der Waals surface area contributed by atoms with Gasteiger partial charge in [0.1, 0.15) is 19.8 Å². The fourth-order valence-corrected chi connectivity index (χ4v) is 5.47. The Hall–Kier alpha value is -4.11. The number of pyridine rings is 1. The van der Waals surface area contributed by atoms with Gasteiger partial charge in [0.25, 0.3) is 0 Å². The van der Waals surface area contributed by atoms with E-state index < -0.39 is 6.10 Å². The van der Waals surface area contributed by atoms with Gasteiger partial charge in [-0.25, -0.2) is 9.37 Å². The van der Waals surface area contributed by atoms with Crippen molar-refractivity contribution in [3.8, 4) is 28.3 Å². The maximum atomic E-state index is 14.6. The molecule has 7 nitrogen and oxygen atoms in total. The maximum Gasteiger partial charge on any atom is 0.169 e. The highest BCUT2D eigenvalue weighted by Crippen LogP contribution is 2.40. The summed E-state index contributed by atoms with van der Waals surface area (Å²) in [4.78, 5) is 4.77. The van der Waals surface area contributed by atoms with Crippen LogP contribution in [0.1, 0.15) is 42.2 Å². The molecule has 1 atom stereocenters. The van der Waals surface area contributed by atoms with E-state index in [0.717, 1.165) is 39.2 Å². The molecular formula is C30H27BClFN6O. The lowest BCUT2D eigenvalue weighted by Crippen LogP contribution is -2.11. The van der Waals surface area contributed by atoms with Crippen LogP contribution in [-0.2, 0) is 26.6 Å². The molecule has 0 aliphatic carbocycles. The van der Waals surface area contributed by atoms with Gasteiger partial charge >= 0.3 is 0 Å². The normalized spacial score (nSPS) is 14.3. The van der Waals surface area contributed by atoms with Crippen LogP contribution >= 0.6 is 11.6 Å². The summed E-state index contributed by atoms with van der Waals surface area (Å²) in [6.45, 7) is 5.07. The van der Waals surface area contributed by atoms with Crippen molar-refractivity contribution in [1.82, 2.24) is 24.5 Å². The summed E-state index contributed by atoms with van der Waals surface area (Å²) >= 11 is 6.74. The lowest BCUT2D eigenvalue weighted by Gasteiger charge is -2.22. The Morgan fingerprint density at radius 2 is 1.95 bits per heavy atom. The van der Waals surface area contributed by atoms with E-state index in [1.807, 2.05) is 62.1 Å². The number of hydrogen-bond donors (Lipinski definition) is 1. The Bertz CT molecular complexity index is 1710. The average Bonchev–Trinajstić information content (AvgIpc) is 3.46. The van der Waals surface area contributed by atoms with Crippen molar-refractivity contribution in [3.63, 3.8) is 0 Å². The molecule has 10 heteroatoms. The van der Waals surface area contributed by atoms with Crippen LogP contribution in [0.5, 0.6) is 5.75 Å². The first-order valence-electron chi connectivity index (χ1n) is 13.1. The molecule has 2 radical (unpaired) electrons. The smallest absolute Gasteiger partial charge is 0.169 e. The van der Waals surface area contributed by atoms with Gasteiger partial charge in [-0.15, -0.1) is 0 Å². The molecule has 4 heterocycles. The van der Waals surface area contributed by atoms with Gasteiger partial charge in [-0.2, -0.15) is 10.2 Å². The van der Waals surface area contributed by atoms with E-state index in [9.17, 15) is 4.39 Å². The van der Waals surface area contributed by atoms with Crippen LogP contribution in [0.3, 0.4) is 0 Å². The highest BCUT2D eigenvalue weighted by Gasteiger charge is 2.26. The second-order valence-electron chi connectivity index (χ2n) is 9.94. The minimum Gasteiger partial charge on any atom is -0.482 e. The molecule has 1 aliphatic rings. The Kier molecular flexibility index (Phi) is 6.84. The third kappa shape index (κ3) is 4.86. The summed E-state index contributed by atoms with van der Waals surface area (Å²) in [6.07, 6.45) is 3.76. The summed E-state index contributed by atoms with van der Waals surface area (Å²) in [5.74, 6) is 0.751. The number of hydrogen-bond acceptors (Lipinski definition) is 5. The molecule has 0 unspecified atom stereocenters. The van der Waals surface area contributed by atoms with E-state index >= 15 is 0 Å². The Morgan fingerprint density at radius 1 is 1.15 bits per heavy atom. The lowest BCUT2D eigenvalue weighted by molar-refractivity contribution is 0.227. The first-order valence-corrected chi connectivity index (χ1v) is 13.5. The van der Waals surface area contributed by atoms with Crippen molar-refractivity contribution < 1.29 is 9.13 Å². The van der Waals surface area contributed by atoms with Crippen LogP contribution in [0.15, 0.2) is 60.9 Å². The summed E-state index contributed by atoms with van der Waals surface area (Å²) in [6, 6.07) is 14.3. The van der Waals surface area contributed by atoms with Crippen LogP contribution in [0.25, 0.3) is 22.5 Å². The maximum absolute atomic E-state index is 14.6. The van der Waals surface area contributed by atoms with Crippen molar-refractivity contribution in [2.75, 3.05) is 5.32 Å². The van der Waals surface area contributed by atoms with E-state index in [1.54, 1.807) is 16.9 Å². The molecule has 0 fully saturated rings. The first-order chi connectivity index (χ1) is 19.3. The lowest BCUT2D eigenvalue weighted by atomic mass is 9.94. The number of anilines is 1. The predicted molar refractivity (Wildman–Crippen MR) is 156 cm³/mol. The molecule has 6 rings (SSSR count). The van der Waals surface area contributed by atoms with Crippen molar-refractivity contribution in [2.45, 2.75) is 39.5 Å². The van der Waals surface area contributed by atoms with Gasteiger partial charge in [0.05, 0.1) is 11.4 Å². The predicted octanol–water partition coefficient (Wildman–Crippen LogP) is 5.61. The number of nitrogens with one attached hydrogen (secondary N) is 1. The number of fused-ring (bicyclic) bond motifs is 7. The minimum absolute atomic E-state index is 0.345. The molecule has 0 spiro atoms.